The van der Waals surface area contributed by atoms with Crippen LogP contribution in [-0.2, 0) is 14.8 Å². The summed E-state index contributed by atoms with van der Waals surface area (Å²) in [6.45, 7) is 0. The average Bonchev–Trinajstić information content (AvgIpc) is 1.83. The molecule has 0 saturated carbocycles. The number of nitrogens with two attached hydrogens (primary N) is 1. The van der Waals surface area contributed by atoms with Crippen LogP contribution in [0.2, 0.25) is 0 Å². The van der Waals surface area contributed by atoms with Crippen molar-refractivity contribution in [2.45, 2.75) is 0 Å². The third-order valence-electron chi connectivity index (χ3n) is 0.856. The maximum atomic E-state index is 10.7. The number of sulfonamides is 1. The zero-order chi connectivity index (χ0) is 9.78. The molecule has 0 aromatic rings. The van der Waals surface area contributed by atoms with Gasteiger partial charge in [-0.05, 0) is 0 Å². The lowest BCUT2D eigenvalue weighted by atomic mass is 10.7. The van der Waals surface area contributed by atoms with Crippen LogP contribution in [0.5, 0.6) is 0 Å². The van der Waals surface area contributed by atoms with E-state index in [1.54, 1.807) is 0 Å². The maximum Gasteiger partial charge on any atom is 0.325 e. The van der Waals surface area contributed by atoms with Crippen LogP contribution in [0.15, 0.2) is 0 Å². The average molecular weight is 195 g/mol. The Kier molecular flexibility index (Phi) is 3.48. The summed E-state index contributed by atoms with van der Waals surface area (Å²) in [5, 5.41) is 2.08. The summed E-state index contributed by atoms with van der Waals surface area (Å²) >= 11 is 0. The lowest BCUT2D eigenvalue weighted by Crippen LogP contribution is -2.40. The predicted octanol–water partition coefficient (Wildman–Crippen LogP) is -2.27. The molecule has 0 aromatic carbocycles. The maximum absolute atomic E-state index is 10.7. The zero-order valence-electron chi connectivity index (χ0n) is 6.33. The van der Waals surface area contributed by atoms with Crippen molar-refractivity contribution >= 4 is 22.0 Å². The van der Waals surface area contributed by atoms with Gasteiger partial charge in [0.15, 0.2) is 0 Å². The van der Waals surface area contributed by atoms with Crippen molar-refractivity contribution < 1.29 is 18.0 Å². The summed E-state index contributed by atoms with van der Waals surface area (Å²) in [5.41, 5.74) is 4.53. The summed E-state index contributed by atoms with van der Waals surface area (Å²) in [7, 11) is -2.65. The van der Waals surface area contributed by atoms with E-state index < -0.39 is 27.7 Å². The van der Waals surface area contributed by atoms with E-state index in [9.17, 15) is 18.0 Å². The molecule has 0 aliphatic heterocycles. The molecular weight excluding hydrogens is 186 g/mol. The fourth-order valence-corrected chi connectivity index (χ4v) is 1.30. The highest BCUT2D eigenvalue weighted by molar-refractivity contribution is 7.90. The smallest absolute Gasteiger partial charge is 0.325 e. The molecule has 4 N–H and O–H groups in total. The molecule has 0 spiro atoms. The second-order valence-corrected chi connectivity index (χ2v) is 3.62. The number of amides is 3. The number of nitrogens with one attached hydrogen (secondary N) is 2. The Balaban J connectivity index is 4.25. The molecule has 0 heterocycles. The molecule has 0 bridgehead atoms. The van der Waals surface area contributed by atoms with Crippen LogP contribution >= 0.6 is 0 Å². The second kappa shape index (κ2) is 3.90. The lowest BCUT2D eigenvalue weighted by Gasteiger charge is -2.01. The highest BCUT2D eigenvalue weighted by Gasteiger charge is 2.16. The number of hydrogen-bond acceptors (Lipinski definition) is 4. The Morgan fingerprint density at radius 1 is 1.42 bits per heavy atom. The minimum Gasteiger partial charge on any atom is -0.358 e. The molecule has 0 fully saturated rings. The second-order valence-electron chi connectivity index (χ2n) is 1.90. The first-order valence-corrected chi connectivity index (χ1v) is 4.53. The van der Waals surface area contributed by atoms with Crippen molar-refractivity contribution in [2.24, 2.45) is 5.73 Å². The molecule has 7 nitrogen and oxygen atoms in total. The third-order valence-corrected chi connectivity index (χ3v) is 2.01. The first kappa shape index (κ1) is 10.7. The van der Waals surface area contributed by atoms with Crippen LogP contribution in [0.4, 0.5) is 4.79 Å². The highest BCUT2D eigenvalue weighted by Crippen LogP contribution is 1.82. The molecule has 0 aliphatic rings. The van der Waals surface area contributed by atoms with Crippen molar-refractivity contribution in [2.75, 3.05) is 12.8 Å². The molecule has 0 aliphatic carbocycles. The van der Waals surface area contributed by atoms with Crippen LogP contribution < -0.4 is 15.8 Å². The SMILES string of the molecule is CNC(=O)CS(=O)(=O)NC(N)=O. The monoisotopic (exact) mass is 195 g/mol. The molecule has 0 rings (SSSR count). The molecule has 0 unspecified atom stereocenters. The van der Waals surface area contributed by atoms with Crippen LogP contribution in [-0.4, -0.2) is 33.2 Å². The van der Waals surface area contributed by atoms with Gasteiger partial charge in [0.2, 0.25) is 15.9 Å². The van der Waals surface area contributed by atoms with E-state index >= 15 is 0 Å². The molecule has 8 heteroatoms. The van der Waals surface area contributed by atoms with E-state index in [2.05, 4.69) is 11.1 Å². The van der Waals surface area contributed by atoms with E-state index in [-0.39, 0.29) is 0 Å². The Morgan fingerprint density at radius 3 is 2.25 bits per heavy atom. The summed E-state index contributed by atoms with van der Waals surface area (Å²) in [5.74, 6) is -1.53. The number of carbonyl (C=O) groups excluding carboxylic acids is 2. The van der Waals surface area contributed by atoms with E-state index in [1.165, 1.54) is 11.8 Å². The van der Waals surface area contributed by atoms with Crippen molar-refractivity contribution in [1.82, 2.24) is 10.0 Å². The Morgan fingerprint density at radius 2 is 1.92 bits per heavy atom. The lowest BCUT2D eigenvalue weighted by molar-refractivity contribution is -0.118. The molecule has 0 radical (unpaired) electrons. The van der Waals surface area contributed by atoms with Gasteiger partial charge in [0.05, 0.1) is 0 Å². The topological polar surface area (TPSA) is 118 Å². The van der Waals surface area contributed by atoms with Crippen LogP contribution in [0.25, 0.3) is 0 Å². The minimum absolute atomic E-state index is 0.719. The van der Waals surface area contributed by atoms with Crippen molar-refractivity contribution in [3.63, 3.8) is 0 Å². The molecule has 12 heavy (non-hydrogen) atoms. The van der Waals surface area contributed by atoms with Gasteiger partial charge in [-0.15, -0.1) is 0 Å². The number of hydrogen-bond donors (Lipinski definition) is 3. The summed E-state index contributed by atoms with van der Waals surface area (Å²) in [4.78, 5) is 20.6. The number of rotatable bonds is 3. The summed E-state index contributed by atoms with van der Waals surface area (Å²) < 4.78 is 22.9. The van der Waals surface area contributed by atoms with Gasteiger partial charge in [0.25, 0.3) is 0 Å². The van der Waals surface area contributed by atoms with Gasteiger partial charge in [-0.1, -0.05) is 0 Å². The fraction of sp³-hybridized carbons (Fsp3) is 0.500. The Labute approximate surface area is 69.4 Å². The number of primary amides is 1. The fourth-order valence-electron chi connectivity index (χ4n) is 0.434. The Bertz CT molecular complexity index is 283. The summed E-state index contributed by atoms with van der Waals surface area (Å²) in [6, 6.07) is -1.21. The first-order valence-electron chi connectivity index (χ1n) is 2.88. The van der Waals surface area contributed by atoms with Gasteiger partial charge >= 0.3 is 6.03 Å². The normalized spacial score (nSPS) is 10.4. The molecule has 70 valence electrons. The van der Waals surface area contributed by atoms with Gasteiger partial charge in [-0.3, -0.25) is 4.79 Å². The quantitative estimate of drug-likeness (QED) is 0.470. The van der Waals surface area contributed by atoms with E-state index in [4.69, 9.17) is 0 Å². The van der Waals surface area contributed by atoms with E-state index in [1.807, 2.05) is 0 Å². The predicted molar refractivity (Wildman–Crippen MR) is 40.6 cm³/mol. The van der Waals surface area contributed by atoms with Gasteiger partial charge in [0.1, 0.15) is 5.75 Å². The van der Waals surface area contributed by atoms with Gasteiger partial charge in [-0.2, -0.15) is 0 Å². The van der Waals surface area contributed by atoms with Crippen LogP contribution in [0, 0.1) is 0 Å². The van der Waals surface area contributed by atoms with Crippen LogP contribution in [0.3, 0.4) is 0 Å². The minimum atomic E-state index is -3.93. The number of carbonyl (C=O) groups is 2. The standard InChI is InChI=1S/C4H9N3O4S/c1-6-3(8)2-12(10,11)7-4(5)9/h2H2,1H3,(H,6,8)(H3,5,7,9). The first-order chi connectivity index (χ1) is 5.37. The number of urea groups is 1. The van der Waals surface area contributed by atoms with Gasteiger partial charge in [0, 0.05) is 7.05 Å². The van der Waals surface area contributed by atoms with Crippen LogP contribution in [0.1, 0.15) is 0 Å². The Hall–Kier alpha value is -1.31. The molecule has 0 atom stereocenters. The van der Waals surface area contributed by atoms with Crippen molar-refractivity contribution in [3.05, 3.63) is 0 Å². The molecule has 3 amide bonds. The largest absolute Gasteiger partial charge is 0.358 e. The van der Waals surface area contributed by atoms with Gasteiger partial charge < -0.3 is 11.1 Å². The van der Waals surface area contributed by atoms with Crippen molar-refractivity contribution in [1.29, 1.82) is 0 Å². The molecule has 0 aromatic heterocycles. The van der Waals surface area contributed by atoms with E-state index in [0.29, 0.717) is 0 Å². The molecule has 0 saturated heterocycles. The third kappa shape index (κ3) is 4.50. The van der Waals surface area contributed by atoms with Crippen molar-refractivity contribution in [3.8, 4) is 0 Å². The molecular formula is C4H9N3O4S. The van der Waals surface area contributed by atoms with Gasteiger partial charge in [-0.25, -0.2) is 17.9 Å². The summed E-state index contributed by atoms with van der Waals surface area (Å²) in [6.07, 6.45) is 0. The zero-order valence-corrected chi connectivity index (χ0v) is 7.14. The van der Waals surface area contributed by atoms with E-state index in [0.717, 1.165) is 0 Å². The highest BCUT2D eigenvalue weighted by atomic mass is 32.2.